The SMILES string of the molecule is CCn1ncc(Br)c1C(NC)C(OC)C(C)(C)C. The van der Waals surface area contributed by atoms with Crippen LogP contribution in [0.1, 0.15) is 39.4 Å². The minimum atomic E-state index is 0.0463. The molecule has 2 unspecified atom stereocenters. The number of rotatable bonds is 5. The number of nitrogens with zero attached hydrogens (tertiary/aromatic N) is 2. The van der Waals surface area contributed by atoms with Gasteiger partial charge in [0.05, 0.1) is 28.5 Å². The van der Waals surface area contributed by atoms with E-state index in [9.17, 15) is 0 Å². The smallest absolute Gasteiger partial charge is 0.0829 e. The fraction of sp³-hybridized carbons (Fsp3) is 0.769. The van der Waals surface area contributed by atoms with Gasteiger partial charge in [-0.25, -0.2) is 0 Å². The third-order valence-corrected chi connectivity index (χ3v) is 3.76. The second-order valence-corrected chi connectivity index (χ2v) is 6.34. The highest BCUT2D eigenvalue weighted by Gasteiger charge is 2.35. The molecule has 0 amide bonds. The Morgan fingerprint density at radius 2 is 2.11 bits per heavy atom. The summed E-state index contributed by atoms with van der Waals surface area (Å²) < 4.78 is 8.75. The van der Waals surface area contributed by atoms with Gasteiger partial charge < -0.3 is 10.1 Å². The third-order valence-electron chi connectivity index (χ3n) is 3.15. The number of hydrogen-bond acceptors (Lipinski definition) is 3. The maximum Gasteiger partial charge on any atom is 0.0829 e. The lowest BCUT2D eigenvalue weighted by molar-refractivity contribution is -0.0123. The highest BCUT2D eigenvalue weighted by Crippen LogP contribution is 2.35. The first-order chi connectivity index (χ1) is 8.36. The molecule has 0 aliphatic rings. The Bertz CT molecular complexity index is 384. The fourth-order valence-electron chi connectivity index (χ4n) is 2.35. The predicted molar refractivity (Wildman–Crippen MR) is 77.7 cm³/mol. The van der Waals surface area contributed by atoms with Crippen LogP contribution in [0.15, 0.2) is 10.7 Å². The number of hydrogen-bond donors (Lipinski definition) is 1. The van der Waals surface area contributed by atoms with Crippen LogP contribution in [-0.4, -0.2) is 30.0 Å². The maximum absolute atomic E-state index is 5.72. The van der Waals surface area contributed by atoms with Crippen molar-refractivity contribution in [3.8, 4) is 0 Å². The summed E-state index contributed by atoms with van der Waals surface area (Å²) in [5, 5.41) is 7.74. The highest BCUT2D eigenvalue weighted by atomic mass is 79.9. The van der Waals surface area contributed by atoms with Gasteiger partial charge in [-0.3, -0.25) is 4.68 Å². The average Bonchev–Trinajstić information content (AvgIpc) is 2.65. The molecule has 1 rings (SSSR count). The fourth-order valence-corrected chi connectivity index (χ4v) is 2.90. The molecule has 0 aliphatic carbocycles. The summed E-state index contributed by atoms with van der Waals surface area (Å²) in [7, 11) is 3.72. The Hall–Kier alpha value is -0.390. The van der Waals surface area contributed by atoms with Crippen LogP contribution in [0.25, 0.3) is 0 Å². The Labute approximate surface area is 118 Å². The van der Waals surface area contributed by atoms with Crippen molar-refractivity contribution < 1.29 is 4.74 Å². The van der Waals surface area contributed by atoms with E-state index >= 15 is 0 Å². The van der Waals surface area contributed by atoms with Gasteiger partial charge in [0.2, 0.25) is 0 Å². The standard InChI is InChI=1S/C13H24BrN3O/c1-7-17-11(9(14)8-16-17)10(15-5)12(18-6)13(2,3)4/h8,10,12,15H,7H2,1-6H3. The summed E-state index contributed by atoms with van der Waals surface area (Å²) in [6, 6.07) is 0.104. The van der Waals surface area contributed by atoms with Gasteiger partial charge in [0.25, 0.3) is 0 Å². The lowest BCUT2D eigenvalue weighted by atomic mass is 9.83. The van der Waals surface area contributed by atoms with Gasteiger partial charge in [0.15, 0.2) is 0 Å². The van der Waals surface area contributed by atoms with Crippen molar-refractivity contribution in [3.05, 3.63) is 16.4 Å². The Kier molecular flexibility index (Phi) is 5.37. The molecule has 0 saturated carbocycles. The van der Waals surface area contributed by atoms with E-state index in [0.717, 1.165) is 16.7 Å². The van der Waals surface area contributed by atoms with Crippen LogP contribution in [-0.2, 0) is 11.3 Å². The van der Waals surface area contributed by atoms with Crippen LogP contribution in [0.3, 0.4) is 0 Å². The largest absolute Gasteiger partial charge is 0.379 e. The third kappa shape index (κ3) is 3.13. The van der Waals surface area contributed by atoms with Crippen molar-refractivity contribution in [2.45, 2.75) is 46.4 Å². The van der Waals surface area contributed by atoms with Gasteiger partial charge in [-0.1, -0.05) is 20.8 Å². The van der Waals surface area contributed by atoms with Crippen LogP contribution in [0.5, 0.6) is 0 Å². The van der Waals surface area contributed by atoms with Crippen LogP contribution in [0.2, 0.25) is 0 Å². The molecule has 0 aromatic carbocycles. The molecule has 0 radical (unpaired) electrons. The first kappa shape index (κ1) is 15.7. The molecule has 2 atom stereocenters. The van der Waals surface area contributed by atoms with E-state index in [4.69, 9.17) is 4.74 Å². The molecular weight excluding hydrogens is 294 g/mol. The molecule has 1 heterocycles. The molecule has 0 aliphatic heterocycles. The monoisotopic (exact) mass is 317 g/mol. The molecule has 0 fully saturated rings. The average molecular weight is 318 g/mol. The number of aryl methyl sites for hydroxylation is 1. The van der Waals surface area contributed by atoms with Gasteiger partial charge in [-0.15, -0.1) is 0 Å². The number of halogens is 1. The lowest BCUT2D eigenvalue weighted by Gasteiger charge is -2.36. The van der Waals surface area contributed by atoms with E-state index in [1.165, 1.54) is 0 Å². The summed E-state index contributed by atoms with van der Waals surface area (Å²) in [6.45, 7) is 9.50. The number of likely N-dealkylation sites (N-methyl/N-ethyl adjacent to an activating group) is 1. The van der Waals surface area contributed by atoms with Crippen molar-refractivity contribution in [2.75, 3.05) is 14.2 Å². The predicted octanol–water partition coefficient (Wildman–Crippen LogP) is 2.99. The summed E-state index contributed by atoms with van der Waals surface area (Å²) in [4.78, 5) is 0. The molecular formula is C13H24BrN3O. The van der Waals surface area contributed by atoms with Gasteiger partial charge >= 0.3 is 0 Å². The first-order valence-corrected chi connectivity index (χ1v) is 7.07. The Morgan fingerprint density at radius 1 is 1.50 bits per heavy atom. The van der Waals surface area contributed by atoms with Crippen molar-refractivity contribution in [2.24, 2.45) is 5.41 Å². The number of methoxy groups -OCH3 is 1. The Balaban J connectivity index is 3.19. The molecule has 1 aromatic heterocycles. The van der Waals surface area contributed by atoms with E-state index in [-0.39, 0.29) is 17.6 Å². The zero-order valence-electron chi connectivity index (χ0n) is 12.1. The molecule has 104 valence electrons. The molecule has 1 aromatic rings. The van der Waals surface area contributed by atoms with E-state index < -0.39 is 0 Å². The summed E-state index contributed by atoms with van der Waals surface area (Å²) in [6.07, 6.45) is 1.92. The van der Waals surface area contributed by atoms with E-state index in [1.807, 2.05) is 17.9 Å². The zero-order valence-corrected chi connectivity index (χ0v) is 13.7. The molecule has 0 spiro atoms. The lowest BCUT2D eigenvalue weighted by Crippen LogP contribution is -2.41. The van der Waals surface area contributed by atoms with Crippen molar-refractivity contribution in [1.82, 2.24) is 15.1 Å². The Morgan fingerprint density at radius 3 is 2.50 bits per heavy atom. The molecule has 5 heteroatoms. The first-order valence-electron chi connectivity index (χ1n) is 6.28. The second kappa shape index (κ2) is 6.17. The van der Waals surface area contributed by atoms with E-state index in [0.29, 0.717) is 0 Å². The minimum Gasteiger partial charge on any atom is -0.379 e. The number of nitrogens with one attached hydrogen (secondary N) is 1. The molecule has 4 nitrogen and oxygen atoms in total. The molecule has 0 bridgehead atoms. The summed E-state index contributed by atoms with van der Waals surface area (Å²) in [5.74, 6) is 0. The van der Waals surface area contributed by atoms with Gasteiger partial charge in [-0.05, 0) is 35.3 Å². The van der Waals surface area contributed by atoms with Gasteiger partial charge in [-0.2, -0.15) is 5.10 Å². The maximum atomic E-state index is 5.72. The summed E-state index contributed by atoms with van der Waals surface area (Å²) >= 11 is 3.58. The van der Waals surface area contributed by atoms with Crippen LogP contribution < -0.4 is 5.32 Å². The van der Waals surface area contributed by atoms with Crippen LogP contribution in [0, 0.1) is 5.41 Å². The van der Waals surface area contributed by atoms with Gasteiger partial charge in [0.1, 0.15) is 0 Å². The van der Waals surface area contributed by atoms with Crippen molar-refractivity contribution in [1.29, 1.82) is 0 Å². The van der Waals surface area contributed by atoms with Gasteiger partial charge in [0, 0.05) is 13.7 Å². The quantitative estimate of drug-likeness (QED) is 0.907. The summed E-state index contributed by atoms with van der Waals surface area (Å²) in [5.41, 5.74) is 1.19. The number of aromatic nitrogens is 2. The molecule has 1 N–H and O–H groups in total. The highest BCUT2D eigenvalue weighted by molar-refractivity contribution is 9.10. The van der Waals surface area contributed by atoms with Crippen molar-refractivity contribution >= 4 is 15.9 Å². The molecule has 0 saturated heterocycles. The normalized spacial score (nSPS) is 15.7. The van der Waals surface area contributed by atoms with Crippen LogP contribution >= 0.6 is 15.9 Å². The topological polar surface area (TPSA) is 39.1 Å². The van der Waals surface area contributed by atoms with E-state index in [2.05, 4.69) is 54.0 Å². The van der Waals surface area contributed by atoms with Crippen LogP contribution in [0.4, 0.5) is 0 Å². The molecule has 18 heavy (non-hydrogen) atoms. The zero-order chi connectivity index (χ0) is 13.9. The minimum absolute atomic E-state index is 0.0463. The number of ether oxygens (including phenoxy) is 1. The second-order valence-electron chi connectivity index (χ2n) is 5.48. The van der Waals surface area contributed by atoms with Crippen molar-refractivity contribution in [3.63, 3.8) is 0 Å². The van der Waals surface area contributed by atoms with E-state index in [1.54, 1.807) is 7.11 Å².